The first-order valence-electron chi connectivity index (χ1n) is 9.82. The van der Waals surface area contributed by atoms with Crippen LogP contribution in [0, 0.1) is 0 Å². The molecule has 2 aromatic rings. The Hall–Kier alpha value is -2.60. The zero-order chi connectivity index (χ0) is 19.9. The number of hydrogen-bond acceptors (Lipinski definition) is 5. The second-order valence-electron chi connectivity index (χ2n) is 7.35. The molecule has 1 fully saturated rings. The van der Waals surface area contributed by atoms with E-state index < -0.39 is 0 Å². The molecule has 6 nitrogen and oxygen atoms in total. The predicted molar refractivity (Wildman–Crippen MR) is 109 cm³/mol. The molecule has 1 saturated heterocycles. The van der Waals surface area contributed by atoms with E-state index in [-0.39, 0.29) is 12.0 Å². The molecule has 1 aromatic carbocycles. The van der Waals surface area contributed by atoms with E-state index in [4.69, 9.17) is 9.47 Å². The van der Waals surface area contributed by atoms with Crippen LogP contribution in [0.2, 0.25) is 0 Å². The summed E-state index contributed by atoms with van der Waals surface area (Å²) in [5.74, 6) is 1.14. The summed E-state index contributed by atoms with van der Waals surface area (Å²) in [6.45, 7) is 6.95. The lowest BCUT2D eigenvalue weighted by molar-refractivity contribution is 0.0819. The first-order chi connectivity index (χ1) is 13.6. The molecule has 1 N–H and O–H groups in total. The number of hydrogen-bond donors (Lipinski definition) is 1. The molecular formula is C22H29N3O3. The van der Waals surface area contributed by atoms with Crippen LogP contribution in [0.1, 0.15) is 42.6 Å². The number of carbonyl (C=O) groups is 1. The maximum atomic E-state index is 12.6. The highest BCUT2D eigenvalue weighted by molar-refractivity contribution is 5.94. The van der Waals surface area contributed by atoms with Crippen LogP contribution < -0.4 is 14.8 Å². The van der Waals surface area contributed by atoms with Crippen LogP contribution in [0.15, 0.2) is 42.7 Å². The molecule has 0 saturated carbocycles. The van der Waals surface area contributed by atoms with Crippen LogP contribution in [-0.4, -0.2) is 48.1 Å². The predicted octanol–water partition coefficient (Wildman–Crippen LogP) is 3.27. The van der Waals surface area contributed by atoms with E-state index in [2.05, 4.69) is 29.0 Å². The van der Waals surface area contributed by atoms with Gasteiger partial charge in [-0.15, -0.1) is 0 Å². The van der Waals surface area contributed by atoms with Crippen LogP contribution in [0.5, 0.6) is 11.5 Å². The van der Waals surface area contributed by atoms with Gasteiger partial charge < -0.3 is 19.7 Å². The summed E-state index contributed by atoms with van der Waals surface area (Å²) in [6, 6.07) is 9.64. The molecule has 28 heavy (non-hydrogen) atoms. The Morgan fingerprint density at radius 3 is 2.54 bits per heavy atom. The molecule has 0 bridgehead atoms. The number of nitrogens with one attached hydrogen (secondary N) is 1. The third kappa shape index (κ3) is 5.23. The van der Waals surface area contributed by atoms with Crippen molar-refractivity contribution < 1.29 is 14.3 Å². The Labute approximate surface area is 166 Å². The average Bonchev–Trinajstić information content (AvgIpc) is 2.73. The lowest BCUT2D eigenvalue weighted by Gasteiger charge is -2.34. The molecule has 1 aromatic heterocycles. The van der Waals surface area contributed by atoms with Crippen molar-refractivity contribution in [2.24, 2.45) is 0 Å². The third-order valence-electron chi connectivity index (χ3n) is 5.13. The fraction of sp³-hybridized carbons (Fsp3) is 0.455. The Morgan fingerprint density at radius 1 is 1.18 bits per heavy atom. The van der Waals surface area contributed by atoms with E-state index in [9.17, 15) is 4.79 Å². The van der Waals surface area contributed by atoms with Gasteiger partial charge in [0.15, 0.2) is 11.5 Å². The first-order valence-corrected chi connectivity index (χ1v) is 9.82. The number of ether oxygens (including phenoxy) is 2. The van der Waals surface area contributed by atoms with Gasteiger partial charge in [-0.25, -0.2) is 0 Å². The number of amides is 1. The zero-order valence-corrected chi connectivity index (χ0v) is 16.9. The Balaban J connectivity index is 1.64. The van der Waals surface area contributed by atoms with E-state index in [1.807, 2.05) is 12.1 Å². The number of carbonyl (C=O) groups excluding carboxylic acids is 1. The SMILES string of the molecule is COc1ccc(C(=O)NCc2ccncc2)cc1OC1CCN(C(C)C)CC1. The summed E-state index contributed by atoms with van der Waals surface area (Å²) in [4.78, 5) is 19.0. The summed E-state index contributed by atoms with van der Waals surface area (Å²) >= 11 is 0. The highest BCUT2D eigenvalue weighted by Crippen LogP contribution is 2.31. The highest BCUT2D eigenvalue weighted by atomic mass is 16.5. The van der Waals surface area contributed by atoms with Crippen LogP contribution in [0.25, 0.3) is 0 Å². The largest absolute Gasteiger partial charge is 0.493 e. The van der Waals surface area contributed by atoms with E-state index in [1.54, 1.807) is 37.7 Å². The van der Waals surface area contributed by atoms with E-state index >= 15 is 0 Å². The van der Waals surface area contributed by atoms with E-state index in [0.29, 0.717) is 29.6 Å². The molecule has 0 spiro atoms. The monoisotopic (exact) mass is 383 g/mol. The number of aromatic nitrogens is 1. The first kappa shape index (κ1) is 20.1. The molecule has 2 heterocycles. The molecule has 6 heteroatoms. The second kappa shape index (κ2) is 9.55. The third-order valence-corrected chi connectivity index (χ3v) is 5.13. The quantitative estimate of drug-likeness (QED) is 0.795. The smallest absolute Gasteiger partial charge is 0.251 e. The van der Waals surface area contributed by atoms with Crippen LogP contribution in [0.3, 0.4) is 0 Å². The van der Waals surface area contributed by atoms with Gasteiger partial charge in [0.25, 0.3) is 5.91 Å². The summed E-state index contributed by atoms with van der Waals surface area (Å²) < 4.78 is 11.7. The van der Waals surface area contributed by atoms with Crippen molar-refractivity contribution in [2.75, 3.05) is 20.2 Å². The number of pyridine rings is 1. The zero-order valence-electron chi connectivity index (χ0n) is 16.9. The molecule has 0 radical (unpaired) electrons. The molecule has 0 unspecified atom stereocenters. The van der Waals surface area contributed by atoms with Gasteiger partial charge in [0.05, 0.1) is 7.11 Å². The normalized spacial score (nSPS) is 15.4. The van der Waals surface area contributed by atoms with Crippen molar-refractivity contribution in [3.8, 4) is 11.5 Å². The Morgan fingerprint density at radius 2 is 1.89 bits per heavy atom. The summed E-state index contributed by atoms with van der Waals surface area (Å²) in [6.07, 6.45) is 5.51. The van der Waals surface area contributed by atoms with Gasteiger partial charge in [-0.3, -0.25) is 9.78 Å². The molecule has 1 amide bonds. The second-order valence-corrected chi connectivity index (χ2v) is 7.35. The van der Waals surface area contributed by atoms with Gasteiger partial charge in [-0.2, -0.15) is 0 Å². The summed E-state index contributed by atoms with van der Waals surface area (Å²) in [7, 11) is 1.62. The van der Waals surface area contributed by atoms with Crippen molar-refractivity contribution >= 4 is 5.91 Å². The van der Waals surface area contributed by atoms with Gasteiger partial charge in [-0.1, -0.05) is 0 Å². The lowest BCUT2D eigenvalue weighted by atomic mass is 10.1. The van der Waals surface area contributed by atoms with Crippen molar-refractivity contribution in [1.29, 1.82) is 0 Å². The molecule has 3 rings (SSSR count). The highest BCUT2D eigenvalue weighted by Gasteiger charge is 2.23. The standard InChI is InChI=1S/C22H29N3O3/c1-16(2)25-12-8-19(9-13-25)28-21-14-18(4-5-20(21)27-3)22(26)24-15-17-6-10-23-11-7-17/h4-7,10-11,14,16,19H,8-9,12-13,15H2,1-3H3,(H,24,26). The maximum absolute atomic E-state index is 12.6. The number of methoxy groups -OCH3 is 1. The van der Waals surface area contributed by atoms with Crippen molar-refractivity contribution in [1.82, 2.24) is 15.2 Å². The molecule has 0 atom stereocenters. The van der Waals surface area contributed by atoms with Crippen LogP contribution >= 0.6 is 0 Å². The summed E-state index contributed by atoms with van der Waals surface area (Å²) in [5, 5.41) is 2.93. The van der Waals surface area contributed by atoms with Gasteiger partial charge in [0.2, 0.25) is 0 Å². The fourth-order valence-electron chi connectivity index (χ4n) is 3.38. The number of nitrogens with zero attached hydrogens (tertiary/aromatic N) is 2. The maximum Gasteiger partial charge on any atom is 0.251 e. The minimum absolute atomic E-state index is 0.138. The minimum atomic E-state index is -0.140. The van der Waals surface area contributed by atoms with Gasteiger partial charge in [0, 0.05) is 43.6 Å². The van der Waals surface area contributed by atoms with Crippen molar-refractivity contribution in [3.05, 3.63) is 53.9 Å². The van der Waals surface area contributed by atoms with Crippen LogP contribution in [-0.2, 0) is 6.54 Å². The number of piperidine rings is 1. The Kier molecular flexibility index (Phi) is 6.87. The van der Waals surface area contributed by atoms with E-state index in [0.717, 1.165) is 31.5 Å². The van der Waals surface area contributed by atoms with Crippen molar-refractivity contribution in [2.45, 2.75) is 45.4 Å². The number of likely N-dealkylation sites (tertiary alicyclic amines) is 1. The Bertz CT molecular complexity index is 772. The van der Waals surface area contributed by atoms with E-state index in [1.165, 1.54) is 0 Å². The topological polar surface area (TPSA) is 63.7 Å². The van der Waals surface area contributed by atoms with Gasteiger partial charge in [0.1, 0.15) is 6.10 Å². The number of benzene rings is 1. The summed E-state index contributed by atoms with van der Waals surface area (Å²) in [5.41, 5.74) is 1.56. The average molecular weight is 383 g/mol. The molecular weight excluding hydrogens is 354 g/mol. The number of rotatable bonds is 7. The molecule has 150 valence electrons. The fourth-order valence-corrected chi connectivity index (χ4v) is 3.38. The minimum Gasteiger partial charge on any atom is -0.493 e. The van der Waals surface area contributed by atoms with Gasteiger partial charge in [-0.05, 0) is 62.6 Å². The molecule has 0 aliphatic carbocycles. The van der Waals surface area contributed by atoms with Crippen LogP contribution in [0.4, 0.5) is 0 Å². The lowest BCUT2D eigenvalue weighted by Crippen LogP contribution is -2.41. The molecule has 1 aliphatic rings. The van der Waals surface area contributed by atoms with Crippen molar-refractivity contribution in [3.63, 3.8) is 0 Å². The molecule has 1 aliphatic heterocycles. The van der Waals surface area contributed by atoms with Gasteiger partial charge >= 0.3 is 0 Å².